The third-order valence-electron chi connectivity index (χ3n) is 13.5. The van der Waals surface area contributed by atoms with Crippen LogP contribution in [0.15, 0.2) is 55.0 Å². The fraction of sp³-hybridized carbons (Fsp3) is 0.511. The summed E-state index contributed by atoms with van der Waals surface area (Å²) >= 11 is 0. The van der Waals surface area contributed by atoms with Crippen LogP contribution in [-0.4, -0.2) is 88.7 Å². The molecule has 2 atom stereocenters. The van der Waals surface area contributed by atoms with E-state index in [1.165, 1.54) is 24.3 Å². The average Bonchev–Trinajstić information content (AvgIpc) is 3.89. The van der Waals surface area contributed by atoms with Gasteiger partial charge >= 0.3 is 0 Å². The van der Waals surface area contributed by atoms with Gasteiger partial charge in [0, 0.05) is 149 Å². The van der Waals surface area contributed by atoms with Crippen LogP contribution in [0.1, 0.15) is 121 Å². The number of rotatable bonds is 8. The number of likely N-dealkylation sites (tertiary alicyclic amines) is 2. The molecule has 0 spiro atoms. The number of aryl methyl sites for hydroxylation is 2. The molecule has 2 saturated heterocycles. The van der Waals surface area contributed by atoms with E-state index >= 15 is 0 Å². The zero-order valence-corrected chi connectivity index (χ0v) is 43.2. The number of nitrogens with zero attached hydrogens (tertiary/aromatic N) is 8. The Morgan fingerprint density at radius 2 is 1.00 bits per heavy atom. The smallest absolute Gasteiger partial charge is 0.257 e. The number of hydrogen-bond acceptors (Lipinski definition) is 12. The van der Waals surface area contributed by atoms with E-state index in [0.717, 1.165) is 122 Å². The molecule has 2 N–H and O–H groups in total. The fourth-order valence-corrected chi connectivity index (χ4v) is 9.95. The van der Waals surface area contributed by atoms with Gasteiger partial charge < -0.3 is 36.5 Å². The maximum absolute atomic E-state index is 13.4. The minimum atomic E-state index is -0.641. The van der Waals surface area contributed by atoms with Crippen LogP contribution in [0.25, 0.3) is 21.9 Å². The quantitative estimate of drug-likeness (QED) is 0.157. The first kappa shape index (κ1) is 51.4. The van der Waals surface area contributed by atoms with Gasteiger partial charge in [0.25, 0.3) is 11.1 Å². The SMILES string of the molecule is Cc1nc2n(c(=O)c1CCN1CCC(c3noc4cc(F)ccc34)CC1)CCCC2O.Cc1nc2n(c(=O)c1CCN1CCC(c3noc4cc(F)ccc34)CC1)CCCC2O.[CH3-].[Y].[Y]. The van der Waals surface area contributed by atoms with E-state index in [-0.39, 0.29) is 95.6 Å². The van der Waals surface area contributed by atoms with Gasteiger partial charge in [-0.3, -0.25) is 18.7 Å². The van der Waals surface area contributed by atoms with Crippen molar-refractivity contribution in [2.24, 2.45) is 0 Å². The first-order valence-electron chi connectivity index (χ1n) is 22.1. The van der Waals surface area contributed by atoms with Crippen molar-refractivity contribution in [2.45, 2.75) is 115 Å². The van der Waals surface area contributed by atoms with Crippen molar-refractivity contribution in [1.82, 2.24) is 39.2 Å². The number of aromatic nitrogens is 6. The van der Waals surface area contributed by atoms with Crippen LogP contribution < -0.4 is 11.1 Å². The number of benzene rings is 2. The number of fused-ring (bicyclic) bond motifs is 4. The number of hydrogen-bond donors (Lipinski definition) is 2. The molecule has 2 radical (unpaired) electrons. The molecule has 0 amide bonds. The van der Waals surface area contributed by atoms with Crippen molar-refractivity contribution in [1.29, 1.82) is 0 Å². The molecule has 4 aromatic heterocycles. The van der Waals surface area contributed by atoms with Gasteiger partial charge in [0.05, 0.1) is 11.4 Å². The molecule has 2 aromatic carbocycles. The fourth-order valence-electron chi connectivity index (χ4n) is 9.95. The summed E-state index contributed by atoms with van der Waals surface area (Å²) in [5.74, 6) is 0.977. The van der Waals surface area contributed by atoms with Gasteiger partial charge in [-0.25, -0.2) is 18.7 Å². The van der Waals surface area contributed by atoms with Crippen molar-refractivity contribution in [3.05, 3.63) is 122 Å². The standard InChI is InChI=1S/2C23H27FN4O3.CH3.2Y/c2*1-14-17(23(30)28-9-2-3-19(29)22(28)25-14)8-12-27-10-6-15(7-11-27)21-18-5-4-16(24)13-20(18)31-26-21;;;/h2*4-5,13,15,19,29H,2-3,6-12H2,1H3;1H3;;/q;;-1;;. The second kappa shape index (κ2) is 22.4. The van der Waals surface area contributed by atoms with Gasteiger partial charge in [-0.1, -0.05) is 10.3 Å². The second-order valence-electron chi connectivity index (χ2n) is 17.4. The molecule has 342 valence electrons. The Morgan fingerprint density at radius 3 is 1.38 bits per heavy atom. The third-order valence-corrected chi connectivity index (χ3v) is 13.5. The van der Waals surface area contributed by atoms with Crippen LogP contribution in [0, 0.1) is 32.9 Å². The van der Waals surface area contributed by atoms with E-state index in [9.17, 15) is 28.6 Å². The molecule has 18 heteroatoms. The van der Waals surface area contributed by atoms with E-state index in [0.29, 0.717) is 73.4 Å². The van der Waals surface area contributed by atoms with Gasteiger partial charge in [-0.05, 0) is 129 Å². The van der Waals surface area contributed by atoms with E-state index < -0.39 is 12.2 Å². The molecule has 0 aliphatic carbocycles. The van der Waals surface area contributed by atoms with Crippen LogP contribution >= 0.6 is 0 Å². The van der Waals surface area contributed by atoms with E-state index in [1.807, 2.05) is 13.8 Å². The maximum atomic E-state index is 13.4. The molecule has 4 aliphatic rings. The van der Waals surface area contributed by atoms with Crippen LogP contribution in [0.3, 0.4) is 0 Å². The summed E-state index contributed by atoms with van der Waals surface area (Å²) in [6.07, 6.45) is 6.76. The molecule has 8 heterocycles. The van der Waals surface area contributed by atoms with Crippen molar-refractivity contribution >= 4 is 21.9 Å². The van der Waals surface area contributed by atoms with Crippen LogP contribution in [0.5, 0.6) is 0 Å². The molecule has 10 rings (SSSR count). The van der Waals surface area contributed by atoms with E-state index in [1.54, 1.807) is 21.3 Å². The molecule has 2 unspecified atom stereocenters. The maximum Gasteiger partial charge on any atom is 0.257 e. The molecule has 14 nitrogen and oxygen atoms in total. The van der Waals surface area contributed by atoms with Gasteiger partial charge in [0.2, 0.25) is 0 Å². The Labute approximate surface area is 427 Å². The molecular weight excluding hydrogens is 988 g/mol. The molecule has 6 aromatic rings. The van der Waals surface area contributed by atoms with Crippen molar-refractivity contribution < 1.29 is 93.5 Å². The largest absolute Gasteiger partial charge is 0.385 e. The number of piperidine rings is 2. The number of aliphatic hydroxyl groups excluding tert-OH is 2. The van der Waals surface area contributed by atoms with Crippen LogP contribution in [0.2, 0.25) is 0 Å². The van der Waals surface area contributed by atoms with Crippen molar-refractivity contribution in [3.63, 3.8) is 0 Å². The predicted octanol–water partition coefficient (Wildman–Crippen LogP) is 6.61. The molecular formula is C47H57F2N8O6Y2-. The van der Waals surface area contributed by atoms with Crippen LogP contribution in [0.4, 0.5) is 8.78 Å². The summed E-state index contributed by atoms with van der Waals surface area (Å²) in [5.41, 5.74) is 5.80. The van der Waals surface area contributed by atoms with E-state index in [4.69, 9.17) is 9.05 Å². The molecule has 0 bridgehead atoms. The molecule has 0 saturated carbocycles. The van der Waals surface area contributed by atoms with E-state index in [2.05, 4.69) is 30.1 Å². The number of aliphatic hydroxyl groups is 2. The topological polar surface area (TPSA) is 169 Å². The summed E-state index contributed by atoms with van der Waals surface area (Å²) in [5, 5.41) is 30.5. The zero-order chi connectivity index (χ0) is 43.1. The zero-order valence-electron chi connectivity index (χ0n) is 37.5. The van der Waals surface area contributed by atoms with Gasteiger partial charge in [-0.2, -0.15) is 0 Å². The Balaban J connectivity index is 0.000000206. The second-order valence-corrected chi connectivity index (χ2v) is 17.4. The first-order valence-corrected chi connectivity index (χ1v) is 22.1. The Hall–Kier alpha value is -2.95. The Morgan fingerprint density at radius 1 is 0.615 bits per heavy atom. The van der Waals surface area contributed by atoms with Gasteiger partial charge in [0.15, 0.2) is 11.2 Å². The van der Waals surface area contributed by atoms with Gasteiger partial charge in [0.1, 0.15) is 35.5 Å². The minimum absolute atomic E-state index is 0. The monoisotopic (exact) mass is 1050 g/mol. The normalized spacial score (nSPS) is 19.4. The molecule has 4 aliphatic heterocycles. The summed E-state index contributed by atoms with van der Waals surface area (Å²) in [6, 6.07) is 9.16. The first-order chi connectivity index (χ1) is 30.0. The van der Waals surface area contributed by atoms with Crippen LogP contribution in [-0.2, 0) is 91.3 Å². The Kier molecular flexibility index (Phi) is 17.8. The van der Waals surface area contributed by atoms with Crippen molar-refractivity contribution in [2.75, 3.05) is 39.3 Å². The minimum Gasteiger partial charge on any atom is -0.385 e. The summed E-state index contributed by atoms with van der Waals surface area (Å²) in [7, 11) is 0. The average molecular weight is 1050 g/mol. The predicted molar refractivity (Wildman–Crippen MR) is 233 cm³/mol. The molecule has 65 heavy (non-hydrogen) atoms. The summed E-state index contributed by atoms with van der Waals surface area (Å²) < 4.78 is 40.8. The van der Waals surface area contributed by atoms with Gasteiger partial charge in [-0.15, -0.1) is 0 Å². The summed E-state index contributed by atoms with van der Waals surface area (Å²) in [6.45, 7) is 10.3. The summed E-state index contributed by atoms with van der Waals surface area (Å²) in [4.78, 5) is 39.8. The van der Waals surface area contributed by atoms with Crippen molar-refractivity contribution in [3.8, 4) is 0 Å². The third kappa shape index (κ3) is 11.0. The Bertz CT molecular complexity index is 2520. The molecule has 2 fully saturated rings. The number of halogens is 2.